The van der Waals surface area contributed by atoms with Gasteiger partial charge in [0.05, 0.1) is 16.7 Å². The van der Waals surface area contributed by atoms with E-state index in [1.54, 1.807) is 0 Å². The Bertz CT molecular complexity index is 2110. The van der Waals surface area contributed by atoms with Crippen LogP contribution in [0.3, 0.4) is 0 Å². The van der Waals surface area contributed by atoms with Crippen molar-refractivity contribution in [3.63, 3.8) is 0 Å². The molecule has 0 spiro atoms. The Hall–Kier alpha value is -5.73. The molecule has 0 radical (unpaired) electrons. The summed E-state index contributed by atoms with van der Waals surface area (Å²) >= 11 is 0. The van der Waals surface area contributed by atoms with Crippen LogP contribution < -0.4 is 0 Å². The van der Waals surface area contributed by atoms with Gasteiger partial charge in [0.25, 0.3) is 0 Å². The van der Waals surface area contributed by atoms with Crippen LogP contribution in [0.2, 0.25) is 0 Å². The highest BCUT2D eigenvalue weighted by molar-refractivity contribution is 6.09. The van der Waals surface area contributed by atoms with Crippen molar-refractivity contribution in [2.24, 2.45) is 4.99 Å². The number of benzene rings is 6. The molecular formula is C42H32N2. The van der Waals surface area contributed by atoms with E-state index in [-0.39, 0.29) is 0 Å². The number of rotatable bonds is 7. The zero-order valence-electron chi connectivity index (χ0n) is 24.7. The molecule has 2 heteroatoms. The van der Waals surface area contributed by atoms with Crippen LogP contribution in [0.15, 0.2) is 175 Å². The first kappa shape index (κ1) is 27.1. The molecule has 0 fully saturated rings. The van der Waals surface area contributed by atoms with E-state index in [0.717, 1.165) is 50.5 Å². The van der Waals surface area contributed by atoms with E-state index in [9.17, 15) is 0 Å². The largest absolute Gasteiger partial charge is 0.309 e. The van der Waals surface area contributed by atoms with Gasteiger partial charge in [-0.05, 0) is 71.2 Å². The Morgan fingerprint density at radius 3 is 1.73 bits per heavy atom. The third-order valence-electron chi connectivity index (χ3n) is 8.13. The highest BCUT2D eigenvalue weighted by Gasteiger charge is 2.12. The van der Waals surface area contributed by atoms with Crippen LogP contribution in [0.4, 0.5) is 0 Å². The summed E-state index contributed by atoms with van der Waals surface area (Å²) in [7, 11) is 0. The average molecular weight is 565 g/mol. The second-order valence-corrected chi connectivity index (χ2v) is 11.0. The van der Waals surface area contributed by atoms with Crippen LogP contribution in [-0.4, -0.2) is 10.3 Å². The van der Waals surface area contributed by atoms with E-state index in [1.807, 2.05) is 36.4 Å². The van der Waals surface area contributed by atoms with Crippen molar-refractivity contribution in [2.75, 3.05) is 0 Å². The van der Waals surface area contributed by atoms with Gasteiger partial charge in [0.2, 0.25) is 0 Å². The Balaban J connectivity index is 1.28. The molecule has 0 saturated carbocycles. The summed E-state index contributed by atoms with van der Waals surface area (Å²) in [6, 6.07) is 55.3. The van der Waals surface area contributed by atoms with Crippen molar-refractivity contribution < 1.29 is 0 Å². The Labute approximate surface area is 258 Å². The molecule has 6 aromatic carbocycles. The van der Waals surface area contributed by atoms with Crippen molar-refractivity contribution in [3.05, 3.63) is 187 Å². The molecule has 0 saturated heterocycles. The quantitative estimate of drug-likeness (QED) is 0.135. The minimum absolute atomic E-state index is 0.879. The van der Waals surface area contributed by atoms with Gasteiger partial charge in [-0.15, -0.1) is 0 Å². The minimum Gasteiger partial charge on any atom is -0.309 e. The molecule has 0 bridgehead atoms. The molecule has 0 amide bonds. The Morgan fingerprint density at radius 1 is 0.545 bits per heavy atom. The molecular weight excluding hydrogens is 532 g/mol. The molecule has 44 heavy (non-hydrogen) atoms. The third kappa shape index (κ3) is 5.30. The molecule has 0 N–H and O–H groups in total. The molecule has 7 aromatic rings. The van der Waals surface area contributed by atoms with Crippen LogP contribution in [0, 0.1) is 0 Å². The zero-order chi connectivity index (χ0) is 29.9. The third-order valence-corrected chi connectivity index (χ3v) is 8.13. The summed E-state index contributed by atoms with van der Waals surface area (Å²) in [5.41, 5.74) is 11.8. The summed E-state index contributed by atoms with van der Waals surface area (Å²) < 4.78 is 2.35. The fourth-order valence-corrected chi connectivity index (χ4v) is 5.87. The number of fused-ring (bicyclic) bond motifs is 3. The van der Waals surface area contributed by atoms with Gasteiger partial charge in [0, 0.05) is 27.7 Å². The van der Waals surface area contributed by atoms with Crippen LogP contribution in [-0.2, 0) is 0 Å². The number of allylic oxidation sites excluding steroid dienone is 2. The summed E-state index contributed by atoms with van der Waals surface area (Å²) in [6.45, 7) is 6.44. The summed E-state index contributed by atoms with van der Waals surface area (Å²) in [6.07, 6.45) is 2.09. The molecule has 0 aliphatic heterocycles. The minimum atomic E-state index is 0.879. The molecule has 1 heterocycles. The standard InChI is InChI=1S/C42H32N2/c1-30(32-14-5-3-6-15-32)28-40(43-31(2)33-16-7-4-8-17-33)36-19-13-18-35(29-36)34-24-26-37(27-25-34)44-41-22-11-9-20-38(41)39-21-10-12-23-42(39)44/h3-29H,1H2,2H3/b40-28-,43-31?. The highest BCUT2D eigenvalue weighted by Crippen LogP contribution is 2.33. The smallest absolute Gasteiger partial charge is 0.0711 e. The van der Waals surface area contributed by atoms with Crippen molar-refractivity contribution in [1.82, 2.24) is 4.57 Å². The first-order chi connectivity index (χ1) is 21.7. The van der Waals surface area contributed by atoms with E-state index in [4.69, 9.17) is 4.99 Å². The van der Waals surface area contributed by atoms with E-state index in [0.29, 0.717) is 0 Å². The number of hydrogen-bond acceptors (Lipinski definition) is 1. The molecule has 210 valence electrons. The summed E-state index contributed by atoms with van der Waals surface area (Å²) in [4.78, 5) is 5.14. The summed E-state index contributed by atoms with van der Waals surface area (Å²) in [5, 5.41) is 2.53. The Kier molecular flexibility index (Phi) is 7.32. The molecule has 0 aliphatic rings. The average Bonchev–Trinajstić information content (AvgIpc) is 3.43. The first-order valence-electron chi connectivity index (χ1n) is 14.9. The predicted octanol–water partition coefficient (Wildman–Crippen LogP) is 11.0. The molecule has 7 rings (SSSR count). The maximum Gasteiger partial charge on any atom is 0.0711 e. The maximum absolute atomic E-state index is 5.14. The first-order valence-corrected chi connectivity index (χ1v) is 14.9. The molecule has 0 aliphatic carbocycles. The normalized spacial score (nSPS) is 12.1. The number of aliphatic imine (C=N–C) groups is 1. The fraction of sp³-hybridized carbons (Fsp3) is 0.0238. The van der Waals surface area contributed by atoms with E-state index in [1.165, 1.54) is 21.8 Å². The second kappa shape index (κ2) is 11.9. The van der Waals surface area contributed by atoms with Gasteiger partial charge in [-0.2, -0.15) is 0 Å². The second-order valence-electron chi connectivity index (χ2n) is 11.0. The molecule has 1 aromatic heterocycles. The van der Waals surface area contributed by atoms with Gasteiger partial charge in [-0.1, -0.05) is 134 Å². The lowest BCUT2D eigenvalue weighted by Gasteiger charge is -2.11. The molecule has 2 nitrogen and oxygen atoms in total. The van der Waals surface area contributed by atoms with Crippen LogP contribution >= 0.6 is 0 Å². The van der Waals surface area contributed by atoms with Gasteiger partial charge >= 0.3 is 0 Å². The lowest BCUT2D eigenvalue weighted by molar-refractivity contribution is 1.18. The molecule has 0 unspecified atom stereocenters. The topological polar surface area (TPSA) is 17.3 Å². The lowest BCUT2D eigenvalue weighted by Crippen LogP contribution is -1.96. The zero-order valence-corrected chi connectivity index (χ0v) is 24.7. The van der Waals surface area contributed by atoms with Crippen molar-refractivity contribution >= 4 is 38.8 Å². The van der Waals surface area contributed by atoms with Crippen LogP contribution in [0.25, 0.3) is 49.9 Å². The van der Waals surface area contributed by atoms with Crippen molar-refractivity contribution in [2.45, 2.75) is 6.92 Å². The van der Waals surface area contributed by atoms with Gasteiger partial charge in [-0.25, -0.2) is 0 Å². The van der Waals surface area contributed by atoms with E-state index in [2.05, 4.69) is 145 Å². The number of nitrogens with zero attached hydrogens (tertiary/aromatic N) is 2. The maximum atomic E-state index is 5.14. The van der Waals surface area contributed by atoms with Gasteiger partial charge in [0.1, 0.15) is 0 Å². The summed E-state index contributed by atoms with van der Waals surface area (Å²) in [5.74, 6) is 0. The molecule has 0 atom stereocenters. The Morgan fingerprint density at radius 2 is 1.09 bits per heavy atom. The predicted molar refractivity (Wildman–Crippen MR) is 188 cm³/mol. The fourth-order valence-electron chi connectivity index (χ4n) is 5.87. The van der Waals surface area contributed by atoms with Crippen molar-refractivity contribution in [3.8, 4) is 16.8 Å². The number of hydrogen-bond donors (Lipinski definition) is 0. The van der Waals surface area contributed by atoms with Crippen LogP contribution in [0.1, 0.15) is 23.6 Å². The van der Waals surface area contributed by atoms with Crippen molar-refractivity contribution in [1.29, 1.82) is 0 Å². The SMILES string of the molecule is C=C(/C=C(\N=C(C)c1ccccc1)c1cccc(-c2ccc(-n3c4ccccc4c4ccccc43)cc2)c1)c1ccccc1. The number of aromatic nitrogens is 1. The highest BCUT2D eigenvalue weighted by atomic mass is 15.0. The van der Waals surface area contributed by atoms with Gasteiger partial charge in [-0.3, -0.25) is 4.99 Å². The van der Waals surface area contributed by atoms with Gasteiger partial charge < -0.3 is 4.57 Å². The monoisotopic (exact) mass is 564 g/mol. The van der Waals surface area contributed by atoms with Gasteiger partial charge in [0.15, 0.2) is 0 Å². The van der Waals surface area contributed by atoms with Crippen LogP contribution in [0.5, 0.6) is 0 Å². The number of para-hydroxylation sites is 2. The van der Waals surface area contributed by atoms with E-state index < -0.39 is 0 Å². The lowest BCUT2D eigenvalue weighted by atomic mass is 9.99. The van der Waals surface area contributed by atoms with E-state index >= 15 is 0 Å².